The molecule has 1 nitrogen and oxygen atoms in total. The molecule has 0 radical (unpaired) electrons. The number of rotatable bonds is 12. The van der Waals surface area contributed by atoms with Gasteiger partial charge in [0, 0.05) is 7.11 Å². The van der Waals surface area contributed by atoms with Crippen LogP contribution in [0.1, 0.15) is 86.5 Å². The Bertz CT molecular complexity index is 265. The van der Waals surface area contributed by atoms with Gasteiger partial charge in [-0.2, -0.15) is 0 Å². The standard InChI is InChI=1S/C20H40O/c1-17(2)11-8-12-18(3)13-9-14-19(4)15-10-16-20(5,6)21-7/h10,15,17-19H,8-9,11-14,16H2,1-7H3/b15-10+. The number of hydrogen-bond donors (Lipinski definition) is 0. The first-order chi connectivity index (χ1) is 9.76. The van der Waals surface area contributed by atoms with Crippen molar-refractivity contribution in [3.63, 3.8) is 0 Å². The highest BCUT2D eigenvalue weighted by Gasteiger charge is 2.13. The van der Waals surface area contributed by atoms with Crippen LogP contribution in [0.15, 0.2) is 12.2 Å². The van der Waals surface area contributed by atoms with E-state index in [1.165, 1.54) is 38.5 Å². The highest BCUT2D eigenvalue weighted by Crippen LogP contribution is 2.20. The van der Waals surface area contributed by atoms with Gasteiger partial charge in [-0.05, 0) is 44.4 Å². The van der Waals surface area contributed by atoms with Crippen LogP contribution in [0.2, 0.25) is 0 Å². The maximum atomic E-state index is 5.44. The minimum Gasteiger partial charge on any atom is -0.378 e. The van der Waals surface area contributed by atoms with Crippen molar-refractivity contribution in [2.75, 3.05) is 7.11 Å². The molecule has 0 N–H and O–H groups in total. The fourth-order valence-corrected chi connectivity index (χ4v) is 2.57. The lowest BCUT2D eigenvalue weighted by Crippen LogP contribution is -2.20. The second kappa shape index (κ2) is 11.3. The van der Waals surface area contributed by atoms with E-state index < -0.39 is 0 Å². The van der Waals surface area contributed by atoms with Crippen LogP contribution in [-0.4, -0.2) is 12.7 Å². The Kier molecular flexibility index (Phi) is 11.1. The first kappa shape index (κ1) is 20.7. The Morgan fingerprint density at radius 2 is 1.48 bits per heavy atom. The normalized spacial score (nSPS) is 15.8. The van der Waals surface area contributed by atoms with Crippen molar-refractivity contribution in [3.8, 4) is 0 Å². The van der Waals surface area contributed by atoms with Gasteiger partial charge >= 0.3 is 0 Å². The predicted octanol–water partition coefficient (Wildman–Crippen LogP) is 6.63. The Labute approximate surface area is 134 Å². The fraction of sp³-hybridized carbons (Fsp3) is 0.900. The fourth-order valence-electron chi connectivity index (χ4n) is 2.57. The highest BCUT2D eigenvalue weighted by atomic mass is 16.5. The molecular weight excluding hydrogens is 256 g/mol. The van der Waals surface area contributed by atoms with Gasteiger partial charge in [0.15, 0.2) is 0 Å². The zero-order valence-corrected chi connectivity index (χ0v) is 15.7. The molecule has 0 aromatic heterocycles. The quantitative estimate of drug-likeness (QED) is 0.367. The smallest absolute Gasteiger partial charge is 0.0657 e. The summed E-state index contributed by atoms with van der Waals surface area (Å²) in [5.41, 5.74) is -0.0266. The molecule has 0 aliphatic carbocycles. The summed E-state index contributed by atoms with van der Waals surface area (Å²) in [6, 6.07) is 0. The molecule has 0 spiro atoms. The van der Waals surface area contributed by atoms with Gasteiger partial charge in [-0.15, -0.1) is 0 Å². The molecular formula is C20H40O. The molecule has 0 amide bonds. The highest BCUT2D eigenvalue weighted by molar-refractivity contribution is 4.91. The maximum Gasteiger partial charge on any atom is 0.0657 e. The van der Waals surface area contributed by atoms with E-state index >= 15 is 0 Å². The van der Waals surface area contributed by atoms with E-state index in [0.29, 0.717) is 5.92 Å². The average molecular weight is 297 g/mol. The third kappa shape index (κ3) is 13.1. The Balaban J connectivity index is 3.69. The lowest BCUT2D eigenvalue weighted by Gasteiger charge is -2.20. The summed E-state index contributed by atoms with van der Waals surface area (Å²) in [7, 11) is 1.79. The van der Waals surface area contributed by atoms with Crippen LogP contribution in [0, 0.1) is 17.8 Å². The van der Waals surface area contributed by atoms with Gasteiger partial charge in [0.25, 0.3) is 0 Å². The second-order valence-electron chi connectivity index (χ2n) is 7.93. The van der Waals surface area contributed by atoms with E-state index in [1.807, 2.05) is 0 Å². The lowest BCUT2D eigenvalue weighted by molar-refractivity contribution is 0.0254. The van der Waals surface area contributed by atoms with Crippen LogP contribution >= 0.6 is 0 Å². The van der Waals surface area contributed by atoms with Gasteiger partial charge in [0.2, 0.25) is 0 Å². The Hall–Kier alpha value is -0.300. The van der Waals surface area contributed by atoms with E-state index in [0.717, 1.165) is 18.3 Å². The van der Waals surface area contributed by atoms with Gasteiger partial charge in [-0.25, -0.2) is 0 Å². The number of hydrogen-bond acceptors (Lipinski definition) is 1. The van der Waals surface area contributed by atoms with Crippen LogP contribution in [0.3, 0.4) is 0 Å². The first-order valence-corrected chi connectivity index (χ1v) is 8.98. The summed E-state index contributed by atoms with van der Waals surface area (Å²) < 4.78 is 5.44. The van der Waals surface area contributed by atoms with Gasteiger partial charge in [-0.3, -0.25) is 0 Å². The zero-order valence-electron chi connectivity index (χ0n) is 15.7. The molecule has 0 heterocycles. The van der Waals surface area contributed by atoms with Crippen LogP contribution in [0.5, 0.6) is 0 Å². The largest absolute Gasteiger partial charge is 0.378 e. The summed E-state index contributed by atoms with van der Waals surface area (Å²) in [6.07, 6.45) is 13.9. The van der Waals surface area contributed by atoms with E-state index in [4.69, 9.17) is 4.74 Å². The zero-order chi connectivity index (χ0) is 16.3. The second-order valence-corrected chi connectivity index (χ2v) is 7.93. The molecule has 126 valence electrons. The third-order valence-electron chi connectivity index (χ3n) is 4.46. The van der Waals surface area contributed by atoms with Crippen LogP contribution in [-0.2, 0) is 4.74 Å². The van der Waals surface area contributed by atoms with E-state index in [1.54, 1.807) is 7.11 Å². The molecule has 0 saturated carbocycles. The van der Waals surface area contributed by atoms with Gasteiger partial charge in [0.05, 0.1) is 5.60 Å². The molecule has 0 saturated heterocycles. The molecule has 0 aromatic carbocycles. The average Bonchev–Trinajstić information content (AvgIpc) is 2.38. The van der Waals surface area contributed by atoms with Crippen molar-refractivity contribution in [1.82, 2.24) is 0 Å². The van der Waals surface area contributed by atoms with Crippen molar-refractivity contribution < 1.29 is 4.74 Å². The van der Waals surface area contributed by atoms with Crippen LogP contribution in [0.25, 0.3) is 0 Å². The van der Waals surface area contributed by atoms with Crippen LogP contribution < -0.4 is 0 Å². The molecule has 0 aliphatic rings. The van der Waals surface area contributed by atoms with Gasteiger partial charge in [-0.1, -0.05) is 72.0 Å². The number of methoxy groups -OCH3 is 1. The van der Waals surface area contributed by atoms with Crippen molar-refractivity contribution in [1.29, 1.82) is 0 Å². The number of allylic oxidation sites excluding steroid dienone is 1. The Morgan fingerprint density at radius 1 is 0.905 bits per heavy atom. The molecule has 21 heavy (non-hydrogen) atoms. The summed E-state index contributed by atoms with van der Waals surface area (Å²) in [5, 5.41) is 0. The Morgan fingerprint density at radius 3 is 2.00 bits per heavy atom. The molecule has 0 rings (SSSR count). The molecule has 0 fully saturated rings. The molecule has 0 aromatic rings. The van der Waals surface area contributed by atoms with Crippen molar-refractivity contribution in [3.05, 3.63) is 12.2 Å². The number of ether oxygens (including phenoxy) is 1. The first-order valence-electron chi connectivity index (χ1n) is 8.98. The topological polar surface area (TPSA) is 9.23 Å². The summed E-state index contributed by atoms with van der Waals surface area (Å²) in [4.78, 5) is 0. The van der Waals surface area contributed by atoms with Crippen molar-refractivity contribution in [2.45, 2.75) is 92.1 Å². The monoisotopic (exact) mass is 296 g/mol. The van der Waals surface area contributed by atoms with E-state index in [-0.39, 0.29) is 5.60 Å². The minimum atomic E-state index is -0.0266. The van der Waals surface area contributed by atoms with Gasteiger partial charge < -0.3 is 4.74 Å². The summed E-state index contributed by atoms with van der Waals surface area (Å²) >= 11 is 0. The van der Waals surface area contributed by atoms with E-state index in [9.17, 15) is 0 Å². The lowest BCUT2D eigenvalue weighted by atomic mass is 9.93. The molecule has 1 heteroatoms. The molecule has 2 unspecified atom stereocenters. The van der Waals surface area contributed by atoms with Crippen molar-refractivity contribution >= 4 is 0 Å². The SMILES string of the molecule is COC(C)(C)C/C=C/C(C)CCCC(C)CCCC(C)C. The summed E-state index contributed by atoms with van der Waals surface area (Å²) in [6.45, 7) is 13.7. The third-order valence-corrected chi connectivity index (χ3v) is 4.46. The maximum absolute atomic E-state index is 5.44. The molecule has 2 atom stereocenters. The van der Waals surface area contributed by atoms with Crippen molar-refractivity contribution in [2.24, 2.45) is 17.8 Å². The van der Waals surface area contributed by atoms with Crippen LogP contribution in [0.4, 0.5) is 0 Å². The predicted molar refractivity (Wildman–Crippen MR) is 95.7 cm³/mol. The minimum absolute atomic E-state index is 0.0266. The molecule has 0 bridgehead atoms. The van der Waals surface area contributed by atoms with Gasteiger partial charge in [0.1, 0.15) is 0 Å². The van der Waals surface area contributed by atoms with E-state index in [2.05, 4.69) is 53.7 Å². The summed E-state index contributed by atoms with van der Waals surface area (Å²) in [5.74, 6) is 2.45. The molecule has 0 aliphatic heterocycles.